The van der Waals surface area contributed by atoms with E-state index in [-0.39, 0.29) is 5.91 Å². The summed E-state index contributed by atoms with van der Waals surface area (Å²) >= 11 is 0. The molecule has 0 aromatic rings. The average Bonchev–Trinajstić information content (AvgIpc) is 2.88. The Bertz CT molecular complexity index is 232. The lowest BCUT2D eigenvalue weighted by Crippen LogP contribution is -2.46. The standard InChI is InChI=1S/C12H23N3O/c13-12(16)9-15(11-5-1-2-6-11)8-10-4-3-7-14-10/h10-11,14H,1-9H2,(H2,13,16)/t10-/m1/s1. The predicted octanol–water partition coefficient (Wildman–Crippen LogP) is 0.468. The number of rotatable bonds is 5. The molecule has 1 saturated carbocycles. The molecule has 1 aliphatic heterocycles. The monoisotopic (exact) mass is 225 g/mol. The van der Waals surface area contributed by atoms with E-state index >= 15 is 0 Å². The third-order valence-electron chi connectivity index (χ3n) is 3.82. The Morgan fingerprint density at radius 2 is 2.00 bits per heavy atom. The van der Waals surface area contributed by atoms with Crippen molar-refractivity contribution in [2.24, 2.45) is 5.73 Å². The molecule has 1 aliphatic carbocycles. The zero-order chi connectivity index (χ0) is 11.4. The summed E-state index contributed by atoms with van der Waals surface area (Å²) in [7, 11) is 0. The van der Waals surface area contributed by atoms with Crippen LogP contribution in [0.4, 0.5) is 0 Å². The molecule has 16 heavy (non-hydrogen) atoms. The number of nitrogens with zero attached hydrogens (tertiary/aromatic N) is 1. The Balaban J connectivity index is 1.87. The number of carbonyl (C=O) groups excluding carboxylic acids is 1. The molecule has 92 valence electrons. The quantitative estimate of drug-likeness (QED) is 0.715. The summed E-state index contributed by atoms with van der Waals surface area (Å²) in [6, 6.07) is 1.16. The highest BCUT2D eigenvalue weighted by Crippen LogP contribution is 2.24. The molecule has 1 atom stereocenters. The molecule has 2 fully saturated rings. The lowest BCUT2D eigenvalue weighted by atomic mass is 10.1. The zero-order valence-electron chi connectivity index (χ0n) is 9.95. The van der Waals surface area contributed by atoms with Crippen LogP contribution in [0.25, 0.3) is 0 Å². The zero-order valence-corrected chi connectivity index (χ0v) is 9.95. The Morgan fingerprint density at radius 1 is 1.25 bits per heavy atom. The van der Waals surface area contributed by atoms with E-state index in [4.69, 9.17) is 5.73 Å². The molecule has 0 bridgehead atoms. The van der Waals surface area contributed by atoms with Gasteiger partial charge >= 0.3 is 0 Å². The van der Waals surface area contributed by atoms with Gasteiger partial charge in [-0.3, -0.25) is 9.69 Å². The third kappa shape index (κ3) is 3.19. The van der Waals surface area contributed by atoms with Crippen molar-refractivity contribution in [2.75, 3.05) is 19.6 Å². The number of primary amides is 1. The van der Waals surface area contributed by atoms with Crippen molar-refractivity contribution < 1.29 is 4.79 Å². The molecule has 0 spiro atoms. The van der Waals surface area contributed by atoms with Gasteiger partial charge in [-0.2, -0.15) is 0 Å². The number of hydrogen-bond acceptors (Lipinski definition) is 3. The van der Waals surface area contributed by atoms with E-state index in [1.807, 2.05) is 0 Å². The van der Waals surface area contributed by atoms with Crippen LogP contribution in [0.3, 0.4) is 0 Å². The van der Waals surface area contributed by atoms with Crippen LogP contribution in [0.5, 0.6) is 0 Å². The molecule has 0 aromatic heterocycles. The van der Waals surface area contributed by atoms with Crippen molar-refractivity contribution in [1.29, 1.82) is 0 Å². The van der Waals surface area contributed by atoms with E-state index in [0.29, 0.717) is 18.6 Å². The first kappa shape index (κ1) is 11.9. The van der Waals surface area contributed by atoms with Gasteiger partial charge in [0.15, 0.2) is 0 Å². The second-order valence-corrected chi connectivity index (χ2v) is 5.13. The molecule has 4 heteroatoms. The van der Waals surface area contributed by atoms with Gasteiger partial charge in [-0.1, -0.05) is 12.8 Å². The summed E-state index contributed by atoms with van der Waals surface area (Å²) < 4.78 is 0. The Labute approximate surface area is 97.6 Å². The summed E-state index contributed by atoms with van der Waals surface area (Å²) in [5.74, 6) is -0.190. The second-order valence-electron chi connectivity index (χ2n) is 5.13. The van der Waals surface area contributed by atoms with Gasteiger partial charge in [0.2, 0.25) is 5.91 Å². The minimum atomic E-state index is -0.190. The molecule has 0 unspecified atom stereocenters. The maximum absolute atomic E-state index is 11.1. The minimum absolute atomic E-state index is 0.190. The van der Waals surface area contributed by atoms with Gasteiger partial charge in [-0.05, 0) is 32.2 Å². The van der Waals surface area contributed by atoms with Gasteiger partial charge in [0.25, 0.3) is 0 Å². The Kier molecular flexibility index (Phi) is 4.18. The third-order valence-corrected chi connectivity index (χ3v) is 3.82. The maximum atomic E-state index is 11.1. The highest BCUT2D eigenvalue weighted by molar-refractivity contribution is 5.75. The summed E-state index contributed by atoms with van der Waals surface area (Å²) in [5, 5.41) is 3.49. The predicted molar refractivity (Wildman–Crippen MR) is 64.0 cm³/mol. The number of hydrogen-bond donors (Lipinski definition) is 2. The molecule has 3 N–H and O–H groups in total. The van der Waals surface area contributed by atoms with E-state index in [1.54, 1.807) is 0 Å². The van der Waals surface area contributed by atoms with Crippen molar-refractivity contribution in [1.82, 2.24) is 10.2 Å². The average molecular weight is 225 g/mol. The van der Waals surface area contributed by atoms with Gasteiger partial charge in [0.1, 0.15) is 0 Å². The molecule has 4 nitrogen and oxygen atoms in total. The van der Waals surface area contributed by atoms with Crippen molar-refractivity contribution >= 4 is 5.91 Å². The number of amides is 1. The summed E-state index contributed by atoms with van der Waals surface area (Å²) in [4.78, 5) is 13.4. The largest absolute Gasteiger partial charge is 0.369 e. The molecule has 0 radical (unpaired) electrons. The van der Waals surface area contributed by atoms with Gasteiger partial charge in [0.05, 0.1) is 6.54 Å². The van der Waals surface area contributed by atoms with Crippen LogP contribution in [0.15, 0.2) is 0 Å². The first-order valence-electron chi connectivity index (χ1n) is 6.51. The molecular weight excluding hydrogens is 202 g/mol. The van der Waals surface area contributed by atoms with E-state index < -0.39 is 0 Å². The van der Waals surface area contributed by atoms with Crippen molar-refractivity contribution in [3.63, 3.8) is 0 Å². The Hall–Kier alpha value is -0.610. The lowest BCUT2D eigenvalue weighted by molar-refractivity contribution is -0.119. The molecule has 1 amide bonds. The first-order chi connectivity index (χ1) is 7.75. The van der Waals surface area contributed by atoms with E-state index in [0.717, 1.165) is 13.1 Å². The summed E-state index contributed by atoms with van der Waals surface area (Å²) in [6.07, 6.45) is 7.58. The fraction of sp³-hybridized carbons (Fsp3) is 0.917. The molecule has 0 aromatic carbocycles. The molecular formula is C12H23N3O. The van der Waals surface area contributed by atoms with Crippen LogP contribution in [0, 0.1) is 0 Å². The van der Waals surface area contributed by atoms with Crippen molar-refractivity contribution in [3.05, 3.63) is 0 Å². The number of carbonyl (C=O) groups is 1. The first-order valence-corrected chi connectivity index (χ1v) is 6.51. The van der Waals surface area contributed by atoms with E-state index in [1.165, 1.54) is 38.5 Å². The fourth-order valence-electron chi connectivity index (χ4n) is 3.01. The maximum Gasteiger partial charge on any atom is 0.231 e. The molecule has 1 saturated heterocycles. The molecule has 2 aliphatic rings. The highest BCUT2D eigenvalue weighted by atomic mass is 16.1. The van der Waals surface area contributed by atoms with Gasteiger partial charge in [-0.15, -0.1) is 0 Å². The van der Waals surface area contributed by atoms with Crippen molar-refractivity contribution in [2.45, 2.75) is 50.6 Å². The number of nitrogens with one attached hydrogen (secondary N) is 1. The normalized spacial score (nSPS) is 26.7. The minimum Gasteiger partial charge on any atom is -0.369 e. The Morgan fingerprint density at radius 3 is 2.56 bits per heavy atom. The summed E-state index contributed by atoms with van der Waals surface area (Å²) in [6.45, 7) is 2.55. The van der Waals surface area contributed by atoms with Crippen LogP contribution in [0.2, 0.25) is 0 Å². The van der Waals surface area contributed by atoms with E-state index in [2.05, 4.69) is 10.2 Å². The van der Waals surface area contributed by atoms with Crippen LogP contribution in [-0.4, -0.2) is 42.5 Å². The van der Waals surface area contributed by atoms with Crippen LogP contribution >= 0.6 is 0 Å². The topological polar surface area (TPSA) is 58.4 Å². The van der Waals surface area contributed by atoms with Crippen LogP contribution < -0.4 is 11.1 Å². The van der Waals surface area contributed by atoms with Crippen LogP contribution in [0.1, 0.15) is 38.5 Å². The van der Waals surface area contributed by atoms with Crippen molar-refractivity contribution in [3.8, 4) is 0 Å². The lowest BCUT2D eigenvalue weighted by Gasteiger charge is -2.30. The van der Waals surface area contributed by atoms with Gasteiger partial charge < -0.3 is 11.1 Å². The smallest absolute Gasteiger partial charge is 0.231 e. The van der Waals surface area contributed by atoms with Crippen LogP contribution in [-0.2, 0) is 4.79 Å². The molecule has 1 heterocycles. The fourth-order valence-corrected chi connectivity index (χ4v) is 3.01. The SMILES string of the molecule is NC(=O)CN(C[C@H]1CCCN1)C1CCCC1. The van der Waals surface area contributed by atoms with Gasteiger partial charge in [-0.25, -0.2) is 0 Å². The van der Waals surface area contributed by atoms with Gasteiger partial charge in [0, 0.05) is 18.6 Å². The second kappa shape index (κ2) is 5.64. The van der Waals surface area contributed by atoms with E-state index in [9.17, 15) is 4.79 Å². The summed E-state index contributed by atoms with van der Waals surface area (Å²) in [5.41, 5.74) is 5.33. The number of nitrogens with two attached hydrogens (primary N) is 1. The molecule has 2 rings (SSSR count). The highest BCUT2D eigenvalue weighted by Gasteiger charge is 2.26.